The largest absolute Gasteiger partial charge is 0.458 e. The molecule has 0 aliphatic carbocycles. The quantitative estimate of drug-likeness (QED) is 0.726. The molecule has 3 atom stereocenters. The molecule has 1 fully saturated rings. The Balaban J connectivity index is 2.30. The Morgan fingerprint density at radius 2 is 2.35 bits per heavy atom. The van der Waals surface area contributed by atoms with Gasteiger partial charge < -0.3 is 9.47 Å². The number of nitriles is 1. The molecule has 1 aliphatic heterocycles. The fourth-order valence-electron chi connectivity index (χ4n) is 1.93. The third kappa shape index (κ3) is 2.60. The van der Waals surface area contributed by atoms with E-state index < -0.39 is 41.5 Å². The van der Waals surface area contributed by atoms with Gasteiger partial charge in [-0.2, -0.15) is 9.65 Å². The number of aromatic nitrogens is 2. The van der Waals surface area contributed by atoms with E-state index in [0.717, 1.165) is 4.57 Å². The van der Waals surface area contributed by atoms with E-state index in [9.17, 15) is 18.8 Å². The lowest BCUT2D eigenvalue weighted by atomic mass is 10.2. The van der Waals surface area contributed by atoms with Crippen molar-refractivity contribution in [3.05, 3.63) is 32.9 Å². The van der Waals surface area contributed by atoms with Crippen molar-refractivity contribution >= 4 is 5.97 Å². The Bertz CT molecular complexity index is 689. The number of H-pyrrole nitrogens is 1. The summed E-state index contributed by atoms with van der Waals surface area (Å²) < 4.78 is 24.1. The standard InChI is InChI=1S/C11H10FN3O5/c1-5(16)19-7-2-9(20-8(7)3-13)15-4-6(12)10(17)14-11(15)18/h4,7-9H,2H2,1H3,(H,14,17,18). The number of aromatic amines is 1. The minimum absolute atomic E-state index is 0.00317. The van der Waals surface area contributed by atoms with Gasteiger partial charge in [0.05, 0.1) is 12.3 Å². The van der Waals surface area contributed by atoms with Crippen molar-refractivity contribution in [1.29, 1.82) is 5.26 Å². The maximum atomic E-state index is 13.2. The van der Waals surface area contributed by atoms with E-state index in [4.69, 9.17) is 14.7 Å². The minimum atomic E-state index is -1.15. The van der Waals surface area contributed by atoms with Crippen LogP contribution >= 0.6 is 0 Å². The molecule has 3 unspecified atom stereocenters. The van der Waals surface area contributed by atoms with Gasteiger partial charge in [-0.05, 0) is 0 Å². The molecular formula is C11H10FN3O5. The topological polar surface area (TPSA) is 114 Å². The summed E-state index contributed by atoms with van der Waals surface area (Å²) in [5, 5.41) is 8.90. The molecule has 0 saturated carbocycles. The Labute approximate surface area is 111 Å². The van der Waals surface area contributed by atoms with Crippen molar-refractivity contribution in [1.82, 2.24) is 9.55 Å². The van der Waals surface area contributed by atoms with Crippen LogP contribution in [-0.2, 0) is 14.3 Å². The Kier molecular flexibility index (Phi) is 3.67. The molecule has 2 heterocycles. The molecule has 1 aromatic rings. The summed E-state index contributed by atoms with van der Waals surface area (Å²) >= 11 is 0. The summed E-state index contributed by atoms with van der Waals surface area (Å²) in [6.07, 6.45) is -2.22. The first kappa shape index (κ1) is 14.0. The molecule has 0 aromatic carbocycles. The van der Waals surface area contributed by atoms with Crippen LogP contribution < -0.4 is 11.2 Å². The molecule has 2 rings (SSSR count). The number of ether oxygens (including phenoxy) is 2. The van der Waals surface area contributed by atoms with Crippen molar-refractivity contribution < 1.29 is 18.7 Å². The van der Waals surface area contributed by atoms with E-state index >= 15 is 0 Å². The van der Waals surface area contributed by atoms with E-state index in [0.29, 0.717) is 6.20 Å². The average molecular weight is 283 g/mol. The van der Waals surface area contributed by atoms with Crippen LogP contribution in [0.25, 0.3) is 0 Å². The number of carbonyl (C=O) groups excluding carboxylic acids is 1. The van der Waals surface area contributed by atoms with E-state index in [1.165, 1.54) is 6.92 Å². The zero-order chi connectivity index (χ0) is 14.9. The van der Waals surface area contributed by atoms with Crippen LogP contribution in [0.3, 0.4) is 0 Å². The van der Waals surface area contributed by atoms with Crippen molar-refractivity contribution in [2.24, 2.45) is 0 Å². The molecule has 1 saturated heterocycles. The average Bonchev–Trinajstić information content (AvgIpc) is 2.75. The van der Waals surface area contributed by atoms with Crippen molar-refractivity contribution in [2.75, 3.05) is 0 Å². The molecule has 0 amide bonds. The summed E-state index contributed by atoms with van der Waals surface area (Å²) in [6, 6.07) is 1.78. The van der Waals surface area contributed by atoms with Gasteiger partial charge in [-0.1, -0.05) is 0 Å². The number of rotatable bonds is 2. The Morgan fingerprint density at radius 3 is 2.95 bits per heavy atom. The first-order valence-electron chi connectivity index (χ1n) is 5.65. The SMILES string of the molecule is CC(=O)OC1CC(n2cc(F)c(=O)[nH]c2=O)OC1C#N. The zero-order valence-corrected chi connectivity index (χ0v) is 10.3. The van der Waals surface area contributed by atoms with E-state index in [1.54, 1.807) is 11.1 Å². The molecular weight excluding hydrogens is 273 g/mol. The second-order valence-corrected chi connectivity index (χ2v) is 4.17. The van der Waals surface area contributed by atoms with Crippen LogP contribution in [0.2, 0.25) is 0 Å². The summed E-state index contributed by atoms with van der Waals surface area (Å²) in [5.74, 6) is -1.75. The van der Waals surface area contributed by atoms with Crippen molar-refractivity contribution in [2.45, 2.75) is 31.8 Å². The third-order valence-electron chi connectivity index (χ3n) is 2.75. The monoisotopic (exact) mass is 283 g/mol. The normalized spacial score (nSPS) is 25.1. The van der Waals surface area contributed by atoms with Gasteiger partial charge in [0, 0.05) is 13.3 Å². The van der Waals surface area contributed by atoms with Gasteiger partial charge in [-0.3, -0.25) is 19.1 Å². The molecule has 8 nitrogen and oxygen atoms in total. The zero-order valence-electron chi connectivity index (χ0n) is 10.3. The molecule has 9 heteroatoms. The van der Waals surface area contributed by atoms with Crippen LogP contribution in [0.15, 0.2) is 15.8 Å². The fourth-order valence-corrected chi connectivity index (χ4v) is 1.93. The number of nitrogens with zero attached hydrogens (tertiary/aromatic N) is 2. The van der Waals surface area contributed by atoms with Gasteiger partial charge in [0.25, 0.3) is 5.56 Å². The van der Waals surface area contributed by atoms with Gasteiger partial charge >= 0.3 is 11.7 Å². The minimum Gasteiger partial charge on any atom is -0.458 e. The van der Waals surface area contributed by atoms with E-state index in [2.05, 4.69) is 0 Å². The Morgan fingerprint density at radius 1 is 1.65 bits per heavy atom. The van der Waals surface area contributed by atoms with Crippen LogP contribution in [0.4, 0.5) is 4.39 Å². The summed E-state index contributed by atoms with van der Waals surface area (Å²) in [6.45, 7) is 1.17. The highest BCUT2D eigenvalue weighted by atomic mass is 19.1. The van der Waals surface area contributed by atoms with Crippen LogP contribution in [-0.4, -0.2) is 27.7 Å². The van der Waals surface area contributed by atoms with Crippen molar-refractivity contribution in [3.8, 4) is 6.07 Å². The van der Waals surface area contributed by atoms with Gasteiger partial charge in [0.2, 0.25) is 5.82 Å². The molecule has 1 N–H and O–H groups in total. The maximum Gasteiger partial charge on any atom is 0.330 e. The van der Waals surface area contributed by atoms with Gasteiger partial charge in [0.1, 0.15) is 12.3 Å². The molecule has 0 radical (unpaired) electrons. The number of hydrogen-bond donors (Lipinski definition) is 1. The lowest BCUT2D eigenvalue weighted by Gasteiger charge is -2.12. The van der Waals surface area contributed by atoms with Crippen LogP contribution in [0.5, 0.6) is 0 Å². The van der Waals surface area contributed by atoms with Gasteiger partial charge in [-0.15, -0.1) is 0 Å². The number of hydrogen-bond acceptors (Lipinski definition) is 6. The van der Waals surface area contributed by atoms with Crippen molar-refractivity contribution in [3.63, 3.8) is 0 Å². The van der Waals surface area contributed by atoms with E-state index in [1.807, 2.05) is 0 Å². The fraction of sp³-hybridized carbons (Fsp3) is 0.455. The first-order valence-corrected chi connectivity index (χ1v) is 5.65. The highest BCUT2D eigenvalue weighted by Gasteiger charge is 2.39. The lowest BCUT2D eigenvalue weighted by molar-refractivity contribution is -0.147. The smallest absolute Gasteiger partial charge is 0.330 e. The maximum absolute atomic E-state index is 13.2. The predicted octanol–water partition coefficient (Wildman–Crippen LogP) is -0.582. The molecule has 1 aliphatic rings. The second kappa shape index (κ2) is 5.26. The summed E-state index contributed by atoms with van der Waals surface area (Å²) in [4.78, 5) is 35.2. The van der Waals surface area contributed by atoms with Crippen LogP contribution in [0, 0.1) is 17.1 Å². The highest BCUT2D eigenvalue weighted by molar-refractivity contribution is 5.66. The van der Waals surface area contributed by atoms with Gasteiger partial charge in [-0.25, -0.2) is 4.79 Å². The lowest BCUT2D eigenvalue weighted by Crippen LogP contribution is -2.33. The first-order chi connectivity index (χ1) is 9.42. The highest BCUT2D eigenvalue weighted by Crippen LogP contribution is 2.29. The summed E-state index contributed by atoms with van der Waals surface area (Å²) in [5.41, 5.74) is -2.01. The molecule has 0 bridgehead atoms. The number of nitrogens with one attached hydrogen (secondary N) is 1. The second-order valence-electron chi connectivity index (χ2n) is 4.17. The number of esters is 1. The van der Waals surface area contributed by atoms with Gasteiger partial charge in [0.15, 0.2) is 6.10 Å². The number of carbonyl (C=O) groups is 1. The predicted molar refractivity (Wildman–Crippen MR) is 61.0 cm³/mol. The van der Waals surface area contributed by atoms with E-state index in [-0.39, 0.29) is 6.42 Å². The summed E-state index contributed by atoms with van der Waals surface area (Å²) in [7, 11) is 0. The number of halogens is 1. The molecule has 1 aromatic heterocycles. The molecule has 20 heavy (non-hydrogen) atoms. The molecule has 106 valence electrons. The molecule has 0 spiro atoms. The van der Waals surface area contributed by atoms with Crippen LogP contribution in [0.1, 0.15) is 19.6 Å². The third-order valence-corrected chi connectivity index (χ3v) is 2.75. The Hall–Kier alpha value is -2.47.